The first kappa shape index (κ1) is 48.1. The summed E-state index contributed by atoms with van der Waals surface area (Å²) < 4.78 is 75.4. The fourth-order valence-corrected chi connectivity index (χ4v) is 8.23. The predicted molar refractivity (Wildman–Crippen MR) is 223 cm³/mol. The molecule has 1 aromatic heterocycles. The van der Waals surface area contributed by atoms with E-state index in [1.54, 1.807) is 6.08 Å². The zero-order valence-corrected chi connectivity index (χ0v) is 36.3. The quantitative estimate of drug-likeness (QED) is 0.0356. The molecule has 3 aliphatic heterocycles. The Balaban J connectivity index is 1.32. The number of ether oxygens (including phenoxy) is 1. The second-order valence-electron chi connectivity index (χ2n) is 16.4. The number of allylic oxidation sites excluding steroid dienone is 2. The van der Waals surface area contributed by atoms with E-state index in [0.29, 0.717) is 60.1 Å². The molecule has 0 fully saturated rings. The number of carbonyl (C=O) groups is 5. The minimum Gasteiger partial charge on any atom is -0.394 e. The maximum Gasteiger partial charge on any atom is 0.737 e. The average Bonchev–Trinajstić information content (AvgIpc) is 3.80. The van der Waals surface area contributed by atoms with Crippen molar-refractivity contribution in [2.75, 3.05) is 66.3 Å². The number of halogens is 2. The molecule has 0 saturated heterocycles. The molecule has 0 aliphatic carbocycles. The van der Waals surface area contributed by atoms with Gasteiger partial charge >= 0.3 is 6.97 Å². The molecule has 60 heavy (non-hydrogen) atoms. The van der Waals surface area contributed by atoms with E-state index in [1.165, 1.54) is 16.6 Å². The van der Waals surface area contributed by atoms with Gasteiger partial charge in [-0.1, -0.05) is 26.7 Å². The number of imide groups is 1. The fourth-order valence-electron chi connectivity index (χ4n) is 7.58. The first-order valence-corrected chi connectivity index (χ1v) is 22.4. The number of nitrogens with one attached hydrogen (secondary N) is 3. The number of quaternary nitrogens is 1. The maximum atomic E-state index is 17.0. The molecule has 0 spiro atoms. The third kappa shape index (κ3) is 13.5. The second kappa shape index (κ2) is 21.3. The van der Waals surface area contributed by atoms with Crippen molar-refractivity contribution in [2.24, 2.45) is 0 Å². The van der Waals surface area contributed by atoms with Crippen molar-refractivity contribution < 1.29 is 59.3 Å². The fraction of sp³-hybridized carbons (Fsp3) is 0.600. The van der Waals surface area contributed by atoms with Crippen LogP contribution >= 0.6 is 0 Å². The number of aromatic nitrogens is 1. The minimum atomic E-state index is -4.71. The average molecular weight is 865 g/mol. The summed E-state index contributed by atoms with van der Waals surface area (Å²) in [5.41, 5.74) is 3.36. The van der Waals surface area contributed by atoms with Gasteiger partial charge in [0.25, 0.3) is 21.9 Å². The van der Waals surface area contributed by atoms with Crippen molar-refractivity contribution in [1.29, 1.82) is 0 Å². The lowest BCUT2D eigenvalue weighted by Crippen LogP contribution is -2.52. The van der Waals surface area contributed by atoms with E-state index in [0.717, 1.165) is 39.9 Å². The Morgan fingerprint density at radius 1 is 0.900 bits per heavy atom. The van der Waals surface area contributed by atoms with Gasteiger partial charge < -0.3 is 42.8 Å². The standard InChI is InChI=1S/C40H60BF2N7O9S/c1-6-11-29-25-31(13-10-22-50(3,4)5)48-34(29)27-35-30(12-7-2)26-32(49(35)41(48,42)43)15-16-37(52)46-33(28-60(56,57)58)40(55)45-19-9-8-14-36(51)44-20-23-59-24-21-47-38(53)17-18-39(47)54/h17-18,25-27,33H,6-16,19-24,28H2,1-5H3,(H3-,44,45,46,51,52,55,56,57,58)/p+1. The normalized spacial score (nSPS) is 16.4. The summed E-state index contributed by atoms with van der Waals surface area (Å²) in [6, 6.07) is 0.253. The summed E-state index contributed by atoms with van der Waals surface area (Å²) in [6.07, 6.45) is 10.2. The summed E-state index contributed by atoms with van der Waals surface area (Å²) in [7, 11) is 1.47. The van der Waals surface area contributed by atoms with Gasteiger partial charge in [-0.25, -0.2) is 0 Å². The molecule has 332 valence electrons. The molecule has 0 radical (unpaired) electrons. The Bertz CT molecular complexity index is 2000. The van der Waals surface area contributed by atoms with Crippen LogP contribution in [0.25, 0.3) is 6.08 Å². The van der Waals surface area contributed by atoms with Gasteiger partial charge in [0.1, 0.15) is 17.5 Å². The molecule has 20 heteroatoms. The van der Waals surface area contributed by atoms with E-state index in [4.69, 9.17) is 4.74 Å². The third-order valence-corrected chi connectivity index (χ3v) is 11.1. The maximum absolute atomic E-state index is 17.0. The van der Waals surface area contributed by atoms with E-state index in [1.807, 2.05) is 26.0 Å². The lowest BCUT2D eigenvalue weighted by atomic mass is 9.88. The first-order valence-electron chi connectivity index (χ1n) is 20.8. The van der Waals surface area contributed by atoms with Crippen LogP contribution < -0.4 is 16.0 Å². The van der Waals surface area contributed by atoms with Crippen molar-refractivity contribution in [1.82, 2.24) is 25.3 Å². The van der Waals surface area contributed by atoms with Crippen LogP contribution in [0, 0.1) is 0 Å². The summed E-state index contributed by atoms with van der Waals surface area (Å²) >= 11 is 0. The van der Waals surface area contributed by atoms with Gasteiger partial charge in [-0.05, 0) is 49.4 Å². The molecular weight excluding hydrogens is 803 g/mol. The summed E-state index contributed by atoms with van der Waals surface area (Å²) in [5, 5.41) is 7.56. The molecular formula is C40H61BF2N7O9S+. The third-order valence-electron chi connectivity index (χ3n) is 10.4. The predicted octanol–water partition coefficient (Wildman–Crippen LogP) is 2.35. The van der Waals surface area contributed by atoms with Gasteiger partial charge in [-0.15, -0.1) is 0 Å². The second-order valence-corrected chi connectivity index (χ2v) is 17.9. The molecule has 4 N–H and O–H groups in total. The largest absolute Gasteiger partial charge is 0.737 e. The Morgan fingerprint density at radius 3 is 2.25 bits per heavy atom. The number of fused-ring (bicyclic) bond motifs is 2. The Hall–Kier alpha value is -4.53. The van der Waals surface area contributed by atoms with E-state index >= 15 is 8.63 Å². The summed E-state index contributed by atoms with van der Waals surface area (Å²) in [4.78, 5) is 62.5. The van der Waals surface area contributed by atoms with E-state index in [-0.39, 0.29) is 63.7 Å². The Kier molecular flexibility index (Phi) is 17.1. The Labute approximate surface area is 351 Å². The van der Waals surface area contributed by atoms with E-state index in [2.05, 4.69) is 37.1 Å². The summed E-state index contributed by atoms with van der Waals surface area (Å²) in [5.74, 6) is -3.81. The number of hydrogen-bond acceptors (Lipinski definition) is 8. The number of carbonyl (C=O) groups excluding carboxylic acids is 5. The van der Waals surface area contributed by atoms with Crippen LogP contribution in [-0.2, 0) is 51.7 Å². The number of nitrogens with zero attached hydrogens (tertiary/aromatic N) is 4. The molecule has 5 amide bonds. The highest BCUT2D eigenvalue weighted by molar-refractivity contribution is 7.85. The molecule has 0 bridgehead atoms. The molecule has 16 nitrogen and oxygen atoms in total. The highest BCUT2D eigenvalue weighted by Crippen LogP contribution is 2.39. The van der Waals surface area contributed by atoms with Crippen LogP contribution in [0.1, 0.15) is 88.6 Å². The molecule has 0 saturated carbocycles. The summed E-state index contributed by atoms with van der Waals surface area (Å²) in [6.45, 7) is 1.08. The molecule has 3 aliphatic rings. The van der Waals surface area contributed by atoms with E-state index in [9.17, 15) is 36.9 Å². The van der Waals surface area contributed by atoms with Crippen molar-refractivity contribution in [3.8, 4) is 0 Å². The number of unbranched alkanes of at least 4 members (excludes halogenated alkanes) is 1. The van der Waals surface area contributed by atoms with Gasteiger partial charge in [0.2, 0.25) is 17.7 Å². The van der Waals surface area contributed by atoms with Crippen LogP contribution in [-0.4, -0.2) is 146 Å². The van der Waals surface area contributed by atoms with Crippen molar-refractivity contribution in [2.45, 2.75) is 90.5 Å². The Morgan fingerprint density at radius 2 is 1.60 bits per heavy atom. The van der Waals surface area contributed by atoms with Gasteiger partial charge in [0, 0.05) is 74.3 Å². The number of amides is 5. The monoisotopic (exact) mass is 864 g/mol. The topological polar surface area (TPSA) is 196 Å². The highest BCUT2D eigenvalue weighted by Gasteiger charge is 2.54. The zero-order chi connectivity index (χ0) is 44.3. The first-order chi connectivity index (χ1) is 28.3. The van der Waals surface area contributed by atoms with Crippen LogP contribution in [0.3, 0.4) is 0 Å². The van der Waals surface area contributed by atoms with Crippen LogP contribution in [0.2, 0.25) is 0 Å². The lowest BCUT2D eigenvalue weighted by Gasteiger charge is -2.32. The van der Waals surface area contributed by atoms with Crippen molar-refractivity contribution >= 4 is 58.4 Å². The van der Waals surface area contributed by atoms with Crippen molar-refractivity contribution in [3.05, 3.63) is 52.5 Å². The number of aryl methyl sites for hydroxylation is 2. The minimum absolute atomic E-state index is 0.0404. The molecule has 1 aromatic rings. The molecule has 0 aromatic carbocycles. The van der Waals surface area contributed by atoms with Gasteiger partial charge in [-0.2, -0.15) is 8.42 Å². The van der Waals surface area contributed by atoms with Crippen LogP contribution in [0.15, 0.2) is 35.6 Å². The molecule has 4 rings (SSSR count). The highest BCUT2D eigenvalue weighted by atomic mass is 32.2. The van der Waals surface area contributed by atoms with Crippen molar-refractivity contribution in [3.63, 3.8) is 0 Å². The van der Waals surface area contributed by atoms with Gasteiger partial charge in [0.15, 0.2) is 5.70 Å². The van der Waals surface area contributed by atoms with Gasteiger partial charge in [-0.3, -0.25) is 33.4 Å². The molecule has 1 unspecified atom stereocenters. The smallest absolute Gasteiger partial charge is 0.394 e. The number of rotatable bonds is 26. The molecule has 1 atom stereocenters. The van der Waals surface area contributed by atoms with Gasteiger partial charge in [0.05, 0.1) is 47.4 Å². The number of hydrogen-bond donors (Lipinski definition) is 4. The lowest BCUT2D eigenvalue weighted by molar-refractivity contribution is -0.870. The molecule has 4 heterocycles. The van der Waals surface area contributed by atoms with Crippen LogP contribution in [0.5, 0.6) is 0 Å². The zero-order valence-electron chi connectivity index (χ0n) is 35.4. The van der Waals surface area contributed by atoms with Crippen LogP contribution in [0.4, 0.5) is 8.63 Å². The SMILES string of the molecule is CCCC1=CC(CCC(=O)NC(CS(=O)(=O)O)C(=O)NCCCCC(=O)NCCOCCN2C(=O)C=CC2=O)=[N+]2C1=Cc1c(CCC)cc(CCC[N+](C)(C)C)n1[B-]2(F)F. The van der Waals surface area contributed by atoms with E-state index < -0.39 is 52.5 Å².